The number of hydrogen-bond donors (Lipinski definition) is 4. The summed E-state index contributed by atoms with van der Waals surface area (Å²) in [6, 6.07) is 4.98. The van der Waals surface area contributed by atoms with E-state index < -0.39 is 30.4 Å². The van der Waals surface area contributed by atoms with Crippen molar-refractivity contribution in [2.75, 3.05) is 7.11 Å². The SMILES string of the molecule is COc1cccc(CNC(=O)N[C@@H](CC(N)=O)C(=O)O)c1. The van der Waals surface area contributed by atoms with Gasteiger partial charge in [0.2, 0.25) is 5.91 Å². The number of aliphatic carboxylic acids is 1. The van der Waals surface area contributed by atoms with Crippen molar-refractivity contribution in [3.05, 3.63) is 29.8 Å². The smallest absolute Gasteiger partial charge is 0.326 e. The minimum absolute atomic E-state index is 0.186. The number of urea groups is 1. The van der Waals surface area contributed by atoms with E-state index in [9.17, 15) is 14.4 Å². The van der Waals surface area contributed by atoms with Crippen molar-refractivity contribution in [3.8, 4) is 5.75 Å². The normalized spacial score (nSPS) is 11.3. The number of carbonyl (C=O) groups is 3. The number of carboxylic acid groups (broad SMARTS) is 1. The van der Waals surface area contributed by atoms with Crippen LogP contribution in [0.1, 0.15) is 12.0 Å². The maximum absolute atomic E-state index is 11.6. The summed E-state index contributed by atoms with van der Waals surface area (Å²) in [7, 11) is 1.53. The number of nitrogens with one attached hydrogen (secondary N) is 2. The van der Waals surface area contributed by atoms with E-state index >= 15 is 0 Å². The first-order chi connectivity index (χ1) is 9.92. The fourth-order valence-electron chi connectivity index (χ4n) is 1.58. The van der Waals surface area contributed by atoms with Gasteiger partial charge in [-0.05, 0) is 17.7 Å². The molecule has 0 aliphatic heterocycles. The van der Waals surface area contributed by atoms with Crippen LogP contribution in [0.5, 0.6) is 5.75 Å². The maximum Gasteiger partial charge on any atom is 0.326 e. The number of hydrogen-bond acceptors (Lipinski definition) is 4. The van der Waals surface area contributed by atoms with Crippen molar-refractivity contribution in [1.82, 2.24) is 10.6 Å². The Morgan fingerprint density at radius 1 is 1.38 bits per heavy atom. The minimum Gasteiger partial charge on any atom is -0.497 e. The highest BCUT2D eigenvalue weighted by Gasteiger charge is 2.21. The van der Waals surface area contributed by atoms with Crippen LogP contribution in [0.15, 0.2) is 24.3 Å². The van der Waals surface area contributed by atoms with E-state index in [2.05, 4.69) is 10.6 Å². The lowest BCUT2D eigenvalue weighted by molar-refractivity contribution is -0.140. The number of methoxy groups -OCH3 is 1. The second-order valence-electron chi connectivity index (χ2n) is 4.24. The zero-order valence-electron chi connectivity index (χ0n) is 11.5. The van der Waals surface area contributed by atoms with Crippen LogP contribution >= 0.6 is 0 Å². The Hall–Kier alpha value is -2.77. The monoisotopic (exact) mass is 295 g/mol. The van der Waals surface area contributed by atoms with Crippen molar-refractivity contribution in [3.63, 3.8) is 0 Å². The van der Waals surface area contributed by atoms with Gasteiger partial charge in [-0.25, -0.2) is 9.59 Å². The molecule has 0 aromatic heterocycles. The zero-order chi connectivity index (χ0) is 15.8. The Morgan fingerprint density at radius 2 is 2.10 bits per heavy atom. The first kappa shape index (κ1) is 16.3. The summed E-state index contributed by atoms with van der Waals surface area (Å²) in [4.78, 5) is 33.2. The van der Waals surface area contributed by atoms with Crippen molar-refractivity contribution in [1.29, 1.82) is 0 Å². The topological polar surface area (TPSA) is 131 Å². The molecule has 0 heterocycles. The van der Waals surface area contributed by atoms with Crippen LogP contribution < -0.4 is 21.1 Å². The quantitative estimate of drug-likeness (QED) is 0.554. The highest BCUT2D eigenvalue weighted by atomic mass is 16.5. The molecule has 5 N–H and O–H groups in total. The summed E-state index contributed by atoms with van der Waals surface area (Å²) in [5, 5.41) is 13.5. The standard InChI is InChI=1S/C13H17N3O5/c1-21-9-4-2-3-8(5-9)7-15-13(20)16-10(12(18)19)6-11(14)17/h2-5,10H,6-7H2,1H3,(H2,14,17)(H,18,19)(H2,15,16,20)/t10-/m0/s1. The number of primary amides is 1. The summed E-state index contributed by atoms with van der Waals surface area (Å²) >= 11 is 0. The first-order valence-corrected chi connectivity index (χ1v) is 6.10. The van der Waals surface area contributed by atoms with Crippen molar-refractivity contribution in [2.24, 2.45) is 5.73 Å². The highest BCUT2D eigenvalue weighted by Crippen LogP contribution is 2.11. The number of amides is 3. The van der Waals surface area contributed by atoms with Crippen molar-refractivity contribution >= 4 is 17.9 Å². The molecule has 0 saturated carbocycles. The van der Waals surface area contributed by atoms with Gasteiger partial charge in [0.25, 0.3) is 0 Å². The summed E-state index contributed by atoms with van der Waals surface area (Å²) < 4.78 is 5.04. The van der Waals surface area contributed by atoms with Crippen LogP contribution in [0.3, 0.4) is 0 Å². The van der Waals surface area contributed by atoms with Gasteiger partial charge in [-0.15, -0.1) is 0 Å². The van der Waals surface area contributed by atoms with E-state index in [1.807, 2.05) is 0 Å². The fraction of sp³-hybridized carbons (Fsp3) is 0.308. The van der Waals surface area contributed by atoms with Crippen molar-refractivity contribution in [2.45, 2.75) is 19.0 Å². The van der Waals surface area contributed by atoms with Gasteiger partial charge in [-0.3, -0.25) is 4.79 Å². The molecule has 0 bridgehead atoms. The van der Waals surface area contributed by atoms with E-state index in [4.69, 9.17) is 15.6 Å². The third-order valence-corrected chi connectivity index (χ3v) is 2.60. The molecule has 1 rings (SSSR count). The van der Waals surface area contributed by atoms with Crippen LogP contribution in [0.25, 0.3) is 0 Å². The van der Waals surface area contributed by atoms with Crippen LogP contribution in [-0.4, -0.2) is 36.2 Å². The van der Waals surface area contributed by atoms with Gasteiger partial charge in [-0.2, -0.15) is 0 Å². The molecule has 8 nitrogen and oxygen atoms in total. The molecule has 3 amide bonds. The average Bonchev–Trinajstić information content (AvgIpc) is 2.44. The molecule has 0 saturated heterocycles. The predicted octanol–water partition coefficient (Wildman–Crippen LogP) is -0.177. The van der Waals surface area contributed by atoms with Gasteiger partial charge in [0, 0.05) is 6.54 Å². The number of rotatable bonds is 7. The summed E-state index contributed by atoms with van der Waals surface area (Å²) in [5.74, 6) is -1.49. The highest BCUT2D eigenvalue weighted by molar-refractivity contribution is 5.87. The first-order valence-electron chi connectivity index (χ1n) is 6.10. The summed E-state index contributed by atoms with van der Waals surface area (Å²) in [6.07, 6.45) is -0.470. The Balaban J connectivity index is 2.52. The largest absolute Gasteiger partial charge is 0.497 e. The number of benzene rings is 1. The lowest BCUT2D eigenvalue weighted by atomic mass is 10.2. The predicted molar refractivity (Wildman–Crippen MR) is 73.6 cm³/mol. The van der Waals surface area contributed by atoms with Crippen LogP contribution in [0.2, 0.25) is 0 Å². The number of carbonyl (C=O) groups excluding carboxylic acids is 2. The van der Waals surface area contributed by atoms with Gasteiger partial charge >= 0.3 is 12.0 Å². The molecule has 21 heavy (non-hydrogen) atoms. The molecule has 0 fully saturated rings. The zero-order valence-corrected chi connectivity index (χ0v) is 11.5. The third-order valence-electron chi connectivity index (χ3n) is 2.60. The van der Waals surface area contributed by atoms with Gasteiger partial charge in [0.05, 0.1) is 13.5 Å². The lowest BCUT2D eigenvalue weighted by Crippen LogP contribution is -2.47. The van der Waals surface area contributed by atoms with Crippen LogP contribution in [0.4, 0.5) is 4.79 Å². The maximum atomic E-state index is 11.6. The molecule has 1 aromatic rings. The van der Waals surface area contributed by atoms with Gasteiger partial charge in [0.1, 0.15) is 11.8 Å². The van der Waals surface area contributed by atoms with E-state index in [0.29, 0.717) is 5.75 Å². The number of ether oxygens (including phenoxy) is 1. The van der Waals surface area contributed by atoms with E-state index in [1.165, 1.54) is 7.11 Å². The van der Waals surface area contributed by atoms with E-state index in [1.54, 1.807) is 24.3 Å². The Bertz CT molecular complexity index is 532. The van der Waals surface area contributed by atoms with Gasteiger partial charge in [0.15, 0.2) is 0 Å². The Kier molecular flexibility index (Phi) is 5.99. The molecular weight excluding hydrogens is 278 g/mol. The molecule has 1 atom stereocenters. The summed E-state index contributed by atoms with van der Waals surface area (Å²) in [6.45, 7) is 0.186. The van der Waals surface area contributed by atoms with Crippen LogP contribution in [-0.2, 0) is 16.1 Å². The molecule has 0 aliphatic rings. The molecule has 114 valence electrons. The molecule has 0 aliphatic carbocycles. The molecule has 1 aromatic carbocycles. The molecule has 0 unspecified atom stereocenters. The van der Waals surface area contributed by atoms with E-state index in [0.717, 1.165) is 5.56 Å². The summed E-state index contributed by atoms with van der Waals surface area (Å²) in [5.41, 5.74) is 5.70. The van der Waals surface area contributed by atoms with Gasteiger partial charge in [-0.1, -0.05) is 12.1 Å². The van der Waals surface area contributed by atoms with Gasteiger partial charge < -0.3 is 26.2 Å². The number of nitrogens with two attached hydrogens (primary N) is 1. The average molecular weight is 295 g/mol. The van der Waals surface area contributed by atoms with Crippen LogP contribution in [0, 0.1) is 0 Å². The minimum atomic E-state index is -1.35. The third kappa shape index (κ3) is 5.81. The van der Waals surface area contributed by atoms with E-state index in [-0.39, 0.29) is 6.54 Å². The lowest BCUT2D eigenvalue weighted by Gasteiger charge is -2.13. The fourth-order valence-corrected chi connectivity index (χ4v) is 1.58. The molecule has 0 spiro atoms. The Morgan fingerprint density at radius 3 is 2.67 bits per heavy atom. The second kappa shape index (κ2) is 7.73. The molecule has 8 heteroatoms. The molecule has 0 radical (unpaired) electrons. The Labute approximate surface area is 121 Å². The molecular formula is C13H17N3O5. The number of carboxylic acids is 1. The second-order valence-corrected chi connectivity index (χ2v) is 4.24. The van der Waals surface area contributed by atoms with Crippen molar-refractivity contribution < 1.29 is 24.2 Å².